The van der Waals surface area contributed by atoms with Gasteiger partial charge in [-0.25, -0.2) is 0 Å². The summed E-state index contributed by atoms with van der Waals surface area (Å²) in [6, 6.07) is 6.19. The van der Waals surface area contributed by atoms with Gasteiger partial charge >= 0.3 is 0 Å². The number of aliphatic hydroxyl groups is 1. The van der Waals surface area contributed by atoms with Crippen LogP contribution in [-0.4, -0.2) is 5.11 Å². The van der Waals surface area contributed by atoms with E-state index in [4.69, 9.17) is 0 Å². The minimum atomic E-state index is -0.435. The highest BCUT2D eigenvalue weighted by Gasteiger charge is 2.15. The van der Waals surface area contributed by atoms with Gasteiger partial charge in [-0.3, -0.25) is 0 Å². The van der Waals surface area contributed by atoms with E-state index in [1.165, 1.54) is 10.4 Å². The second kappa shape index (κ2) is 4.47. The fraction of sp³-hybridized carbons (Fsp3) is 0.333. The lowest BCUT2D eigenvalue weighted by molar-refractivity contribution is 0.227. The summed E-state index contributed by atoms with van der Waals surface area (Å²) in [5.74, 6) is 0. The van der Waals surface area contributed by atoms with Crippen LogP contribution >= 0.6 is 22.7 Å². The van der Waals surface area contributed by atoms with Gasteiger partial charge in [-0.2, -0.15) is 0 Å². The van der Waals surface area contributed by atoms with Crippen molar-refractivity contribution in [3.05, 3.63) is 43.8 Å². The normalized spacial score (nSPS) is 13.0. The minimum Gasteiger partial charge on any atom is -0.382 e. The van der Waals surface area contributed by atoms with Crippen molar-refractivity contribution in [2.24, 2.45) is 0 Å². The van der Waals surface area contributed by atoms with Crippen molar-refractivity contribution in [3.63, 3.8) is 0 Å². The summed E-state index contributed by atoms with van der Waals surface area (Å²) in [4.78, 5) is 3.45. The molecule has 15 heavy (non-hydrogen) atoms. The SMILES string of the molecule is CCc1ccc(C(O)c2sccc2C)s1. The Morgan fingerprint density at radius 3 is 2.67 bits per heavy atom. The molecule has 2 rings (SSSR count). The molecule has 2 aromatic rings. The molecule has 0 amide bonds. The third-order valence-electron chi connectivity index (χ3n) is 2.45. The van der Waals surface area contributed by atoms with E-state index in [9.17, 15) is 5.11 Å². The predicted octanol–water partition coefficient (Wildman–Crippen LogP) is 3.76. The molecule has 2 heterocycles. The van der Waals surface area contributed by atoms with Crippen LogP contribution in [0.2, 0.25) is 0 Å². The molecule has 0 saturated heterocycles. The van der Waals surface area contributed by atoms with Crippen LogP contribution in [0.1, 0.15) is 33.2 Å². The topological polar surface area (TPSA) is 20.2 Å². The van der Waals surface area contributed by atoms with Crippen LogP contribution in [0.3, 0.4) is 0 Å². The van der Waals surface area contributed by atoms with Gasteiger partial charge in [0, 0.05) is 14.6 Å². The van der Waals surface area contributed by atoms with Crippen molar-refractivity contribution in [2.75, 3.05) is 0 Å². The van der Waals surface area contributed by atoms with Crippen LogP contribution in [0.5, 0.6) is 0 Å². The van der Waals surface area contributed by atoms with E-state index in [2.05, 4.69) is 19.1 Å². The molecular formula is C12H14OS2. The first kappa shape index (κ1) is 10.9. The van der Waals surface area contributed by atoms with Gasteiger partial charge in [0.05, 0.1) is 0 Å². The number of aliphatic hydroxyl groups excluding tert-OH is 1. The van der Waals surface area contributed by atoms with Crippen molar-refractivity contribution in [2.45, 2.75) is 26.4 Å². The fourth-order valence-electron chi connectivity index (χ4n) is 1.53. The zero-order valence-electron chi connectivity index (χ0n) is 8.86. The maximum Gasteiger partial charge on any atom is 0.123 e. The molecule has 0 aliphatic carbocycles. The number of rotatable bonds is 3. The van der Waals surface area contributed by atoms with Crippen LogP contribution in [0, 0.1) is 6.92 Å². The van der Waals surface area contributed by atoms with Gasteiger partial charge in [-0.05, 0) is 42.5 Å². The van der Waals surface area contributed by atoms with Crippen molar-refractivity contribution >= 4 is 22.7 Å². The molecule has 1 atom stereocenters. The molecule has 0 radical (unpaired) electrons. The summed E-state index contributed by atoms with van der Waals surface area (Å²) in [6.45, 7) is 4.18. The first-order valence-electron chi connectivity index (χ1n) is 5.03. The van der Waals surface area contributed by atoms with Gasteiger partial charge in [0.2, 0.25) is 0 Å². The summed E-state index contributed by atoms with van der Waals surface area (Å²) >= 11 is 3.33. The van der Waals surface area contributed by atoms with Crippen LogP contribution in [0.25, 0.3) is 0 Å². The molecule has 0 saturated carbocycles. The van der Waals surface area contributed by atoms with E-state index < -0.39 is 6.10 Å². The molecule has 0 spiro atoms. The lowest BCUT2D eigenvalue weighted by atomic mass is 10.2. The maximum atomic E-state index is 10.2. The Labute approximate surface area is 98.0 Å². The van der Waals surface area contributed by atoms with Gasteiger partial charge in [-0.1, -0.05) is 6.92 Å². The summed E-state index contributed by atoms with van der Waals surface area (Å²) in [5.41, 5.74) is 1.18. The molecule has 0 aliphatic heterocycles. The standard InChI is InChI=1S/C12H14OS2/c1-3-9-4-5-10(15-9)11(13)12-8(2)6-7-14-12/h4-7,11,13H,3H2,1-2H3. The van der Waals surface area contributed by atoms with Crippen molar-refractivity contribution in [3.8, 4) is 0 Å². The highest BCUT2D eigenvalue weighted by atomic mass is 32.1. The molecule has 1 unspecified atom stereocenters. The largest absolute Gasteiger partial charge is 0.382 e. The first-order chi connectivity index (χ1) is 7.22. The third-order valence-corrected chi connectivity index (χ3v) is 4.80. The van der Waals surface area contributed by atoms with E-state index in [1.807, 2.05) is 18.4 Å². The zero-order chi connectivity index (χ0) is 10.8. The molecule has 0 aromatic carbocycles. The quantitative estimate of drug-likeness (QED) is 0.863. The predicted molar refractivity (Wildman–Crippen MR) is 66.8 cm³/mol. The molecule has 0 aliphatic rings. The van der Waals surface area contributed by atoms with Gasteiger partial charge in [-0.15, -0.1) is 22.7 Å². The lowest BCUT2D eigenvalue weighted by Gasteiger charge is -2.07. The Hall–Kier alpha value is -0.640. The molecule has 2 aromatic heterocycles. The Kier molecular flexibility index (Phi) is 3.24. The van der Waals surface area contributed by atoms with E-state index in [0.717, 1.165) is 16.2 Å². The Bertz CT molecular complexity index is 442. The van der Waals surface area contributed by atoms with E-state index >= 15 is 0 Å². The molecule has 0 bridgehead atoms. The Morgan fingerprint density at radius 1 is 1.33 bits per heavy atom. The third kappa shape index (κ3) is 2.14. The monoisotopic (exact) mass is 238 g/mol. The average molecular weight is 238 g/mol. The Balaban J connectivity index is 2.28. The molecule has 0 fully saturated rings. The number of hydrogen-bond acceptors (Lipinski definition) is 3. The van der Waals surface area contributed by atoms with E-state index in [-0.39, 0.29) is 0 Å². The number of hydrogen-bond donors (Lipinski definition) is 1. The van der Waals surface area contributed by atoms with Crippen molar-refractivity contribution in [1.29, 1.82) is 0 Å². The second-order valence-corrected chi connectivity index (χ2v) is 5.68. The molecular weight excluding hydrogens is 224 g/mol. The Morgan fingerprint density at radius 2 is 2.13 bits per heavy atom. The highest BCUT2D eigenvalue weighted by Crippen LogP contribution is 2.33. The number of aryl methyl sites for hydroxylation is 2. The average Bonchev–Trinajstić information content (AvgIpc) is 2.84. The van der Waals surface area contributed by atoms with Crippen LogP contribution in [0.4, 0.5) is 0 Å². The van der Waals surface area contributed by atoms with Crippen molar-refractivity contribution in [1.82, 2.24) is 0 Å². The minimum absolute atomic E-state index is 0.435. The van der Waals surface area contributed by atoms with Crippen LogP contribution in [0.15, 0.2) is 23.6 Å². The highest BCUT2D eigenvalue weighted by molar-refractivity contribution is 7.13. The van der Waals surface area contributed by atoms with Crippen molar-refractivity contribution < 1.29 is 5.11 Å². The van der Waals surface area contributed by atoms with Crippen LogP contribution < -0.4 is 0 Å². The smallest absolute Gasteiger partial charge is 0.123 e. The van der Waals surface area contributed by atoms with Crippen LogP contribution in [-0.2, 0) is 6.42 Å². The first-order valence-corrected chi connectivity index (χ1v) is 6.72. The molecule has 80 valence electrons. The van der Waals surface area contributed by atoms with Gasteiger partial charge in [0.15, 0.2) is 0 Å². The number of thiophene rings is 2. The summed E-state index contributed by atoms with van der Waals surface area (Å²) < 4.78 is 0. The fourth-order valence-corrected chi connectivity index (χ4v) is 3.48. The molecule has 3 heteroatoms. The second-order valence-electron chi connectivity index (χ2n) is 3.53. The lowest BCUT2D eigenvalue weighted by Crippen LogP contribution is -1.95. The van der Waals surface area contributed by atoms with E-state index in [0.29, 0.717) is 0 Å². The summed E-state index contributed by atoms with van der Waals surface area (Å²) in [7, 11) is 0. The maximum absolute atomic E-state index is 10.2. The zero-order valence-corrected chi connectivity index (χ0v) is 10.5. The summed E-state index contributed by atoms with van der Waals surface area (Å²) in [5, 5.41) is 12.2. The van der Waals surface area contributed by atoms with Gasteiger partial charge in [0.1, 0.15) is 6.10 Å². The van der Waals surface area contributed by atoms with Gasteiger partial charge < -0.3 is 5.11 Å². The molecule has 1 N–H and O–H groups in total. The van der Waals surface area contributed by atoms with Gasteiger partial charge in [0.25, 0.3) is 0 Å². The summed E-state index contributed by atoms with van der Waals surface area (Å²) in [6.07, 6.45) is 0.608. The molecule has 1 nitrogen and oxygen atoms in total. The van der Waals surface area contributed by atoms with E-state index in [1.54, 1.807) is 22.7 Å².